The zero-order valence-electron chi connectivity index (χ0n) is 25.3. The van der Waals surface area contributed by atoms with Crippen molar-refractivity contribution in [2.24, 2.45) is 20.0 Å². The van der Waals surface area contributed by atoms with Crippen LogP contribution in [0.25, 0.3) is 38.9 Å². The Labute approximate surface area is 251 Å². The molecule has 1 aliphatic rings. The van der Waals surface area contributed by atoms with E-state index in [1.807, 2.05) is 40.1 Å². The Morgan fingerprint density at radius 2 is 1.89 bits per heavy atom. The van der Waals surface area contributed by atoms with E-state index in [9.17, 15) is 14.7 Å². The van der Waals surface area contributed by atoms with E-state index in [-0.39, 0.29) is 24.1 Å². The van der Waals surface area contributed by atoms with Crippen molar-refractivity contribution in [3.05, 3.63) is 59.3 Å². The van der Waals surface area contributed by atoms with E-state index in [1.165, 1.54) is 26.4 Å². The monoisotopic (exact) mass is 604 g/mol. The highest BCUT2D eigenvalue weighted by molar-refractivity contribution is 6.05. The number of amides is 1. The van der Waals surface area contributed by atoms with Crippen LogP contribution in [0.3, 0.4) is 0 Å². The Morgan fingerprint density at radius 1 is 1.14 bits per heavy atom. The molecule has 1 amide bonds. The van der Waals surface area contributed by atoms with Gasteiger partial charge in [-0.05, 0) is 26.8 Å². The topological polar surface area (TPSA) is 133 Å². The van der Waals surface area contributed by atoms with Gasteiger partial charge in [0.25, 0.3) is 0 Å². The smallest absolute Gasteiger partial charge is 0.422 e. The molecule has 5 heterocycles. The third-order valence-corrected chi connectivity index (χ3v) is 7.75. The standard InChI is InChI=1S/C30H33FN8O5/c1-30(2,3)39(29(41)42)37-13-17(14-37)16-44-19-7-22(31)27(33-11-19)38-26-21-8-20(18-10-34-35(4)15-18)25(43-6)9-23(21)32-12-24(26)36(5)28(38)40/h7-12,15,17H,13-14,16H2,1-6H3,(H,41,42). The van der Waals surface area contributed by atoms with Gasteiger partial charge in [0.2, 0.25) is 0 Å². The molecule has 14 heteroatoms. The highest BCUT2D eigenvalue weighted by Gasteiger charge is 2.39. The molecule has 1 N–H and O–H groups in total. The van der Waals surface area contributed by atoms with Crippen molar-refractivity contribution in [1.82, 2.24) is 38.9 Å². The number of imidazole rings is 1. The zero-order valence-corrected chi connectivity index (χ0v) is 25.3. The highest BCUT2D eigenvalue weighted by atomic mass is 19.1. The third kappa shape index (κ3) is 4.90. The van der Waals surface area contributed by atoms with E-state index < -0.39 is 23.1 Å². The van der Waals surface area contributed by atoms with Crippen molar-refractivity contribution in [3.8, 4) is 28.4 Å². The summed E-state index contributed by atoms with van der Waals surface area (Å²) in [5.41, 5.74) is 2.01. The summed E-state index contributed by atoms with van der Waals surface area (Å²) in [6.45, 7) is 6.75. The van der Waals surface area contributed by atoms with Gasteiger partial charge in [-0.15, -0.1) is 0 Å². The quantitative estimate of drug-likeness (QED) is 0.294. The Bertz CT molecular complexity index is 1970. The average molecular weight is 605 g/mol. The number of carbonyl (C=O) groups is 1. The van der Waals surface area contributed by atoms with Crippen molar-refractivity contribution in [2.75, 3.05) is 26.8 Å². The summed E-state index contributed by atoms with van der Waals surface area (Å²) in [4.78, 5) is 34.1. The SMILES string of the molecule is COc1cc2ncc3c(c2cc1-c1cnn(C)c1)n(-c1ncc(OCC2CN(N(C(=O)O)C(C)(C)C)C2)cc1F)c(=O)n3C. The number of fused-ring (bicyclic) bond motifs is 3. The van der Waals surface area contributed by atoms with Gasteiger partial charge in [0, 0.05) is 67.9 Å². The van der Waals surface area contributed by atoms with Crippen LogP contribution in [0.4, 0.5) is 9.18 Å². The largest absolute Gasteiger partial charge is 0.496 e. The third-order valence-electron chi connectivity index (χ3n) is 7.75. The fourth-order valence-corrected chi connectivity index (χ4v) is 5.69. The predicted octanol–water partition coefficient (Wildman–Crippen LogP) is 3.82. The van der Waals surface area contributed by atoms with Crippen molar-refractivity contribution in [2.45, 2.75) is 26.3 Å². The maximum absolute atomic E-state index is 15.7. The van der Waals surface area contributed by atoms with Crippen LogP contribution in [0.1, 0.15) is 20.8 Å². The van der Waals surface area contributed by atoms with Crippen LogP contribution < -0.4 is 15.2 Å². The maximum atomic E-state index is 15.7. The molecular formula is C30H33FN8O5. The number of ether oxygens (including phenoxy) is 2. The lowest BCUT2D eigenvalue weighted by Crippen LogP contribution is -2.64. The summed E-state index contributed by atoms with van der Waals surface area (Å²) >= 11 is 0. The van der Waals surface area contributed by atoms with E-state index >= 15 is 4.39 Å². The van der Waals surface area contributed by atoms with E-state index in [0.717, 1.165) is 11.1 Å². The number of hydrazine groups is 1. The minimum Gasteiger partial charge on any atom is -0.496 e. The summed E-state index contributed by atoms with van der Waals surface area (Å²) < 4.78 is 31.5. The molecule has 44 heavy (non-hydrogen) atoms. The molecule has 1 saturated heterocycles. The lowest BCUT2D eigenvalue weighted by Gasteiger charge is -2.49. The van der Waals surface area contributed by atoms with Crippen LogP contribution in [0, 0.1) is 11.7 Å². The minimum absolute atomic E-state index is 0.0625. The van der Waals surface area contributed by atoms with Gasteiger partial charge in [0.15, 0.2) is 11.6 Å². The molecule has 0 bridgehead atoms. The Balaban J connectivity index is 1.32. The van der Waals surface area contributed by atoms with Crippen LogP contribution in [0.5, 0.6) is 11.5 Å². The molecule has 4 aromatic heterocycles. The second kappa shape index (κ2) is 10.6. The molecule has 0 saturated carbocycles. The van der Waals surface area contributed by atoms with Gasteiger partial charge in [-0.1, -0.05) is 0 Å². The van der Waals surface area contributed by atoms with Gasteiger partial charge in [0.05, 0.1) is 54.4 Å². The number of methoxy groups -OCH3 is 1. The zero-order chi connectivity index (χ0) is 31.5. The highest BCUT2D eigenvalue weighted by Crippen LogP contribution is 2.36. The van der Waals surface area contributed by atoms with E-state index in [0.29, 0.717) is 40.8 Å². The molecular weight excluding hydrogens is 571 g/mol. The summed E-state index contributed by atoms with van der Waals surface area (Å²) in [6.07, 6.45) is 5.50. The lowest BCUT2D eigenvalue weighted by molar-refractivity contribution is -0.134. The normalized spacial score (nSPS) is 14.2. The van der Waals surface area contributed by atoms with Crippen LogP contribution in [-0.4, -0.2) is 82.4 Å². The Kier molecular flexibility index (Phi) is 7.03. The number of hydrogen-bond acceptors (Lipinski definition) is 8. The van der Waals surface area contributed by atoms with Crippen molar-refractivity contribution < 1.29 is 23.8 Å². The second-order valence-electron chi connectivity index (χ2n) is 11.9. The number of carboxylic acid groups (broad SMARTS) is 1. The molecule has 0 aliphatic carbocycles. The summed E-state index contributed by atoms with van der Waals surface area (Å²) in [7, 11) is 4.98. The fourth-order valence-electron chi connectivity index (χ4n) is 5.69. The number of aromatic nitrogens is 6. The number of pyridine rings is 2. The summed E-state index contributed by atoms with van der Waals surface area (Å²) in [6, 6.07) is 4.84. The number of aryl methyl sites for hydroxylation is 2. The van der Waals surface area contributed by atoms with Crippen molar-refractivity contribution in [3.63, 3.8) is 0 Å². The predicted molar refractivity (Wildman–Crippen MR) is 160 cm³/mol. The first-order valence-corrected chi connectivity index (χ1v) is 14.0. The van der Waals surface area contributed by atoms with Crippen LogP contribution in [0.15, 0.2) is 47.8 Å². The molecule has 0 unspecified atom stereocenters. The first kappa shape index (κ1) is 29.1. The van der Waals surface area contributed by atoms with Crippen LogP contribution in [0.2, 0.25) is 0 Å². The molecule has 5 aromatic rings. The lowest BCUT2D eigenvalue weighted by atomic mass is 10.0. The number of benzene rings is 1. The molecule has 230 valence electrons. The molecule has 1 aromatic carbocycles. The van der Waals surface area contributed by atoms with Gasteiger partial charge in [-0.2, -0.15) is 5.10 Å². The molecule has 0 spiro atoms. The van der Waals surface area contributed by atoms with E-state index in [2.05, 4.69) is 15.1 Å². The van der Waals surface area contributed by atoms with E-state index in [1.54, 1.807) is 42.3 Å². The molecule has 1 fully saturated rings. The minimum atomic E-state index is -1.02. The fraction of sp³-hybridized carbons (Fsp3) is 0.367. The van der Waals surface area contributed by atoms with Gasteiger partial charge in [0.1, 0.15) is 11.5 Å². The van der Waals surface area contributed by atoms with Gasteiger partial charge in [-0.3, -0.25) is 14.2 Å². The van der Waals surface area contributed by atoms with Crippen molar-refractivity contribution in [1.29, 1.82) is 0 Å². The molecule has 6 rings (SSSR count). The van der Waals surface area contributed by atoms with Crippen LogP contribution >= 0.6 is 0 Å². The number of hydrogen-bond donors (Lipinski definition) is 1. The summed E-state index contributed by atoms with van der Waals surface area (Å²) in [5, 5.41) is 17.5. The maximum Gasteiger partial charge on any atom is 0.422 e. The number of rotatable bonds is 7. The summed E-state index contributed by atoms with van der Waals surface area (Å²) in [5.74, 6) is -0.0532. The average Bonchev–Trinajstić information content (AvgIpc) is 3.48. The molecule has 0 radical (unpaired) electrons. The molecule has 0 atom stereocenters. The van der Waals surface area contributed by atoms with Gasteiger partial charge < -0.3 is 14.6 Å². The first-order valence-electron chi connectivity index (χ1n) is 14.0. The van der Waals surface area contributed by atoms with Crippen molar-refractivity contribution >= 4 is 28.0 Å². The van der Waals surface area contributed by atoms with Gasteiger partial charge >= 0.3 is 11.8 Å². The Hall–Kier alpha value is -4.98. The molecule has 1 aliphatic heterocycles. The molecule has 13 nitrogen and oxygen atoms in total. The second-order valence-corrected chi connectivity index (χ2v) is 11.9. The number of halogens is 1. The van der Waals surface area contributed by atoms with E-state index in [4.69, 9.17) is 9.47 Å². The Morgan fingerprint density at radius 3 is 2.50 bits per heavy atom. The first-order chi connectivity index (χ1) is 20.9. The van der Waals surface area contributed by atoms with Gasteiger partial charge in [-0.25, -0.2) is 33.5 Å². The van der Waals surface area contributed by atoms with Crippen LogP contribution in [-0.2, 0) is 14.1 Å². The number of nitrogens with zero attached hydrogens (tertiary/aromatic N) is 8.